The third kappa shape index (κ3) is 1.10. The van der Waals surface area contributed by atoms with Crippen molar-refractivity contribution in [3.05, 3.63) is 20.3 Å². The fourth-order valence-electron chi connectivity index (χ4n) is 1.47. The van der Waals surface area contributed by atoms with Crippen molar-refractivity contribution in [3.8, 4) is 0 Å². The second-order valence-corrected chi connectivity index (χ2v) is 5.19. The van der Waals surface area contributed by atoms with Crippen LogP contribution >= 0.6 is 22.9 Å². The minimum absolute atomic E-state index is 0.0212. The molecule has 1 heterocycles. The SMILES string of the molecule is Cc1sc(C2(N)CC2)c(C)c1Cl. The maximum atomic E-state index is 6.10. The lowest BCUT2D eigenvalue weighted by atomic mass is 10.1. The number of nitrogens with two attached hydrogens (primary N) is 1. The number of hydrogen-bond acceptors (Lipinski definition) is 2. The Bertz CT molecular complexity index is 326. The lowest BCUT2D eigenvalue weighted by Crippen LogP contribution is -2.17. The molecule has 1 nitrogen and oxygen atoms in total. The molecule has 0 radical (unpaired) electrons. The summed E-state index contributed by atoms with van der Waals surface area (Å²) in [4.78, 5) is 2.49. The van der Waals surface area contributed by atoms with Gasteiger partial charge in [0, 0.05) is 9.75 Å². The van der Waals surface area contributed by atoms with Gasteiger partial charge in [-0.05, 0) is 32.3 Å². The Kier molecular flexibility index (Phi) is 1.76. The van der Waals surface area contributed by atoms with Crippen molar-refractivity contribution >= 4 is 22.9 Å². The van der Waals surface area contributed by atoms with Gasteiger partial charge in [0.2, 0.25) is 0 Å². The van der Waals surface area contributed by atoms with Gasteiger partial charge in [-0.3, -0.25) is 0 Å². The fourth-order valence-corrected chi connectivity index (χ4v) is 2.95. The zero-order chi connectivity index (χ0) is 8.93. The second-order valence-electron chi connectivity index (χ2n) is 3.58. The Hall–Kier alpha value is -0.0500. The number of halogens is 1. The molecule has 1 aliphatic rings. The molecule has 66 valence electrons. The molecule has 1 saturated carbocycles. The molecule has 12 heavy (non-hydrogen) atoms. The molecule has 0 bridgehead atoms. The van der Waals surface area contributed by atoms with Crippen LogP contribution in [0.2, 0.25) is 5.02 Å². The maximum Gasteiger partial charge on any atom is 0.0574 e. The Morgan fingerprint density at radius 1 is 1.42 bits per heavy atom. The van der Waals surface area contributed by atoms with Crippen LogP contribution in [0.25, 0.3) is 0 Å². The third-order valence-corrected chi connectivity index (χ3v) is 4.58. The van der Waals surface area contributed by atoms with Crippen molar-refractivity contribution in [2.75, 3.05) is 0 Å². The fraction of sp³-hybridized carbons (Fsp3) is 0.556. The molecule has 1 fully saturated rings. The normalized spacial score (nSPS) is 19.7. The van der Waals surface area contributed by atoms with E-state index < -0.39 is 0 Å². The van der Waals surface area contributed by atoms with Gasteiger partial charge in [-0.1, -0.05) is 11.6 Å². The first-order valence-electron chi connectivity index (χ1n) is 4.09. The second kappa shape index (κ2) is 2.47. The summed E-state index contributed by atoms with van der Waals surface area (Å²) in [7, 11) is 0. The average Bonchev–Trinajstić information content (AvgIpc) is 2.71. The Morgan fingerprint density at radius 3 is 2.33 bits per heavy atom. The first kappa shape index (κ1) is 8.54. The molecule has 0 aromatic carbocycles. The molecule has 0 spiro atoms. The van der Waals surface area contributed by atoms with E-state index in [4.69, 9.17) is 17.3 Å². The summed E-state index contributed by atoms with van der Waals surface area (Å²) in [6, 6.07) is 0. The zero-order valence-corrected chi connectivity index (χ0v) is 8.85. The lowest BCUT2D eigenvalue weighted by molar-refractivity contribution is 0.753. The highest BCUT2D eigenvalue weighted by molar-refractivity contribution is 7.13. The summed E-state index contributed by atoms with van der Waals surface area (Å²) in [6.45, 7) is 4.11. The van der Waals surface area contributed by atoms with Gasteiger partial charge in [-0.15, -0.1) is 11.3 Å². The summed E-state index contributed by atoms with van der Waals surface area (Å²) < 4.78 is 0. The molecular weight excluding hydrogens is 190 g/mol. The predicted molar refractivity (Wildman–Crippen MR) is 53.9 cm³/mol. The van der Waals surface area contributed by atoms with Gasteiger partial charge in [0.25, 0.3) is 0 Å². The molecule has 2 N–H and O–H groups in total. The van der Waals surface area contributed by atoms with Crippen molar-refractivity contribution in [2.45, 2.75) is 32.2 Å². The van der Waals surface area contributed by atoms with Crippen LogP contribution < -0.4 is 5.73 Å². The van der Waals surface area contributed by atoms with Crippen LogP contribution in [0.3, 0.4) is 0 Å². The van der Waals surface area contributed by atoms with Gasteiger partial charge in [-0.25, -0.2) is 0 Å². The largest absolute Gasteiger partial charge is 0.321 e. The highest BCUT2D eigenvalue weighted by atomic mass is 35.5. The molecule has 2 rings (SSSR count). The molecule has 0 aliphatic heterocycles. The van der Waals surface area contributed by atoms with Gasteiger partial charge in [0.1, 0.15) is 0 Å². The maximum absolute atomic E-state index is 6.10. The first-order chi connectivity index (χ1) is 5.54. The summed E-state index contributed by atoms with van der Waals surface area (Å²) in [6.07, 6.45) is 2.23. The number of thiophene rings is 1. The Balaban J connectivity index is 2.51. The quantitative estimate of drug-likeness (QED) is 0.743. The average molecular weight is 202 g/mol. The molecule has 0 unspecified atom stereocenters. The highest BCUT2D eigenvalue weighted by Gasteiger charge is 2.43. The molecule has 0 atom stereocenters. The minimum atomic E-state index is -0.0212. The molecule has 3 heteroatoms. The predicted octanol–water partition coefficient (Wildman–Crippen LogP) is 2.97. The number of hydrogen-bond donors (Lipinski definition) is 1. The van der Waals surface area contributed by atoms with E-state index in [0.717, 1.165) is 17.9 Å². The molecule has 1 aromatic rings. The molecule has 0 saturated heterocycles. The van der Waals surface area contributed by atoms with Gasteiger partial charge in [-0.2, -0.15) is 0 Å². The van der Waals surface area contributed by atoms with Gasteiger partial charge < -0.3 is 5.73 Å². The monoisotopic (exact) mass is 201 g/mol. The standard InChI is InChI=1S/C9H12ClNS/c1-5-7(10)6(2)12-8(5)9(11)3-4-9/h3-4,11H2,1-2H3. The van der Waals surface area contributed by atoms with E-state index in [1.54, 1.807) is 11.3 Å². The van der Waals surface area contributed by atoms with E-state index in [0.29, 0.717) is 0 Å². The lowest BCUT2D eigenvalue weighted by Gasteiger charge is -2.06. The van der Waals surface area contributed by atoms with Crippen LogP contribution in [0.1, 0.15) is 28.2 Å². The molecular formula is C9H12ClNS. The van der Waals surface area contributed by atoms with E-state index in [-0.39, 0.29) is 5.54 Å². The summed E-state index contributed by atoms with van der Waals surface area (Å²) in [5.74, 6) is 0. The zero-order valence-electron chi connectivity index (χ0n) is 7.28. The molecule has 0 amide bonds. The van der Waals surface area contributed by atoms with E-state index in [1.165, 1.54) is 15.3 Å². The van der Waals surface area contributed by atoms with Gasteiger partial charge >= 0.3 is 0 Å². The summed E-state index contributed by atoms with van der Waals surface area (Å²) in [5.41, 5.74) is 7.28. The topological polar surface area (TPSA) is 26.0 Å². The Morgan fingerprint density at radius 2 is 2.00 bits per heavy atom. The van der Waals surface area contributed by atoms with E-state index in [1.807, 2.05) is 0 Å². The van der Waals surface area contributed by atoms with Crippen molar-refractivity contribution in [2.24, 2.45) is 5.73 Å². The van der Waals surface area contributed by atoms with Crippen LogP contribution in [0.15, 0.2) is 0 Å². The minimum Gasteiger partial charge on any atom is -0.321 e. The third-order valence-electron chi connectivity index (χ3n) is 2.47. The van der Waals surface area contributed by atoms with Crippen LogP contribution in [0.5, 0.6) is 0 Å². The van der Waals surface area contributed by atoms with Crippen LogP contribution in [-0.2, 0) is 5.54 Å². The van der Waals surface area contributed by atoms with Gasteiger partial charge in [0.15, 0.2) is 0 Å². The smallest absolute Gasteiger partial charge is 0.0574 e. The van der Waals surface area contributed by atoms with Crippen molar-refractivity contribution in [3.63, 3.8) is 0 Å². The molecule has 1 aromatic heterocycles. The summed E-state index contributed by atoms with van der Waals surface area (Å²) in [5, 5.41) is 0.909. The van der Waals surface area contributed by atoms with Crippen molar-refractivity contribution in [1.82, 2.24) is 0 Å². The van der Waals surface area contributed by atoms with Crippen LogP contribution in [-0.4, -0.2) is 0 Å². The number of rotatable bonds is 1. The van der Waals surface area contributed by atoms with Crippen molar-refractivity contribution in [1.29, 1.82) is 0 Å². The van der Waals surface area contributed by atoms with Gasteiger partial charge in [0.05, 0.1) is 10.6 Å². The van der Waals surface area contributed by atoms with Crippen molar-refractivity contribution < 1.29 is 0 Å². The van der Waals surface area contributed by atoms with E-state index in [2.05, 4.69) is 13.8 Å². The molecule has 1 aliphatic carbocycles. The van der Waals surface area contributed by atoms with E-state index >= 15 is 0 Å². The van der Waals surface area contributed by atoms with E-state index in [9.17, 15) is 0 Å². The van der Waals surface area contributed by atoms with Crippen LogP contribution in [0.4, 0.5) is 0 Å². The van der Waals surface area contributed by atoms with Crippen LogP contribution in [0, 0.1) is 13.8 Å². The first-order valence-corrected chi connectivity index (χ1v) is 5.29. The summed E-state index contributed by atoms with van der Waals surface area (Å²) >= 11 is 7.84. The number of aryl methyl sites for hydroxylation is 1. The highest BCUT2D eigenvalue weighted by Crippen LogP contribution is 2.49. The Labute approximate surface area is 81.5 Å².